The molecule has 0 heterocycles. The molecule has 0 aliphatic heterocycles. The Labute approximate surface area is 260 Å². The van der Waals surface area contributed by atoms with Crippen molar-refractivity contribution in [3.63, 3.8) is 0 Å². The fourth-order valence-electron chi connectivity index (χ4n) is 5.81. The van der Waals surface area contributed by atoms with Crippen LogP contribution in [0.2, 0.25) is 0 Å². The van der Waals surface area contributed by atoms with E-state index in [1.54, 1.807) is 23.5 Å². The molecule has 2 aliphatic rings. The molecule has 0 fully saturated rings. The maximum absolute atomic E-state index is 12.9. The van der Waals surface area contributed by atoms with Crippen LogP contribution in [-0.2, 0) is 28.7 Å². The number of ketones is 2. The molecule has 8 heteroatoms. The summed E-state index contributed by atoms with van der Waals surface area (Å²) in [6.45, 7) is 16.8. The Balaban J connectivity index is 1.59. The van der Waals surface area contributed by atoms with Crippen molar-refractivity contribution in [2.24, 2.45) is 22.7 Å². The lowest BCUT2D eigenvalue weighted by Crippen LogP contribution is -2.34. The predicted octanol–water partition coefficient (Wildman–Crippen LogP) is 7.09. The summed E-state index contributed by atoms with van der Waals surface area (Å²) < 4.78 is 10.4. The van der Waals surface area contributed by atoms with E-state index in [4.69, 9.17) is 9.47 Å². The summed E-state index contributed by atoms with van der Waals surface area (Å²) in [5.41, 5.74) is 8.23. The van der Waals surface area contributed by atoms with E-state index in [1.165, 1.54) is 0 Å². The van der Waals surface area contributed by atoms with Crippen LogP contribution in [0.4, 0.5) is 0 Å². The second kappa shape index (κ2) is 16.6. The van der Waals surface area contributed by atoms with Gasteiger partial charge in [0.2, 0.25) is 0 Å². The van der Waals surface area contributed by atoms with E-state index in [-0.39, 0.29) is 57.9 Å². The Bertz CT molecular complexity index is 1070. The van der Waals surface area contributed by atoms with Gasteiger partial charge in [-0.3, -0.25) is 9.59 Å². The van der Waals surface area contributed by atoms with Gasteiger partial charge in [0.25, 0.3) is 0 Å². The molecule has 0 aromatic rings. The van der Waals surface area contributed by atoms with Gasteiger partial charge in [0, 0.05) is 47.0 Å². The largest absolute Gasteiger partial charge is 0.462 e. The van der Waals surface area contributed by atoms with Gasteiger partial charge in [-0.05, 0) is 60.8 Å². The molecule has 4 atom stereocenters. The zero-order chi connectivity index (χ0) is 31.5. The van der Waals surface area contributed by atoms with E-state index in [0.29, 0.717) is 24.3 Å². The number of ether oxygens (including phenoxy) is 2. The number of thioether (sulfide) groups is 2. The van der Waals surface area contributed by atoms with Gasteiger partial charge in [-0.15, -0.1) is 11.5 Å². The van der Waals surface area contributed by atoms with Crippen LogP contribution < -0.4 is 0 Å². The summed E-state index contributed by atoms with van der Waals surface area (Å²) in [6.07, 6.45) is 8.76. The van der Waals surface area contributed by atoms with Crippen molar-refractivity contribution >= 4 is 47.0 Å². The van der Waals surface area contributed by atoms with Crippen molar-refractivity contribution in [2.75, 3.05) is 24.7 Å². The van der Waals surface area contributed by atoms with E-state index >= 15 is 0 Å². The number of carbonyl (C=O) groups excluding carboxylic acids is 4. The smallest absolute Gasteiger partial charge is 0.331 e. The second-order valence-corrected chi connectivity index (χ2v) is 15.8. The molecule has 232 valence electrons. The fourth-order valence-corrected chi connectivity index (χ4v) is 7.54. The van der Waals surface area contributed by atoms with Crippen LogP contribution in [0.5, 0.6) is 0 Å². The van der Waals surface area contributed by atoms with E-state index < -0.39 is 11.9 Å². The normalized spacial score (nSPS) is 22.2. The summed E-state index contributed by atoms with van der Waals surface area (Å²) in [5.74, 6) is 0.126. The minimum atomic E-state index is -0.612. The third kappa shape index (κ3) is 11.4. The number of carbonyl (C=O) groups is 4. The molecule has 2 aliphatic carbocycles. The maximum Gasteiger partial charge on any atom is 0.331 e. The van der Waals surface area contributed by atoms with Crippen molar-refractivity contribution in [3.05, 3.63) is 46.9 Å². The summed E-state index contributed by atoms with van der Waals surface area (Å²) in [4.78, 5) is 49.8. The van der Waals surface area contributed by atoms with Crippen LogP contribution >= 0.6 is 23.5 Å². The lowest BCUT2D eigenvalue weighted by atomic mass is 9.68. The van der Waals surface area contributed by atoms with Gasteiger partial charge >= 0.3 is 11.9 Å². The van der Waals surface area contributed by atoms with E-state index in [0.717, 1.165) is 36.1 Å². The zero-order valence-corrected chi connectivity index (χ0v) is 28.2. The van der Waals surface area contributed by atoms with Gasteiger partial charge in [0.1, 0.15) is 24.8 Å². The SMILES string of the molecule is CC1=C=CCC(C)(C)C1C(=O)CC(C)SCCOC(=O)/C=C\C(=O)OCCSC(C)CC(=O)C1C(C)=C=CCC1(C)C. The first kappa shape index (κ1) is 36.0. The highest BCUT2D eigenvalue weighted by Gasteiger charge is 2.38. The predicted molar refractivity (Wildman–Crippen MR) is 172 cm³/mol. The summed E-state index contributed by atoms with van der Waals surface area (Å²) in [5, 5.41) is 0.208. The molecule has 0 saturated heterocycles. The first-order valence-electron chi connectivity index (χ1n) is 14.8. The number of hydrogen-bond acceptors (Lipinski definition) is 8. The molecule has 0 spiro atoms. The number of rotatable bonds is 16. The highest BCUT2D eigenvalue weighted by molar-refractivity contribution is 8.00. The van der Waals surface area contributed by atoms with Crippen LogP contribution in [0.3, 0.4) is 0 Å². The van der Waals surface area contributed by atoms with Crippen molar-refractivity contribution in [1.82, 2.24) is 0 Å². The van der Waals surface area contributed by atoms with Gasteiger partial charge in [0.15, 0.2) is 0 Å². The Hall–Kier alpha value is -2.24. The van der Waals surface area contributed by atoms with E-state index in [2.05, 4.69) is 39.2 Å². The lowest BCUT2D eigenvalue weighted by molar-refractivity contribution is -0.139. The molecular weight excluding hydrogens is 569 g/mol. The quantitative estimate of drug-likeness (QED) is 0.0787. The summed E-state index contributed by atoms with van der Waals surface area (Å²) in [7, 11) is 0. The van der Waals surface area contributed by atoms with Crippen LogP contribution in [0.25, 0.3) is 0 Å². The Morgan fingerprint density at radius 1 is 0.786 bits per heavy atom. The molecule has 0 bridgehead atoms. The van der Waals surface area contributed by atoms with Crippen molar-refractivity contribution in [2.45, 2.75) is 91.6 Å². The standard InChI is InChI=1S/C34H48O6S2/c1-23-11-9-15-33(5,6)31(23)27(35)21-25(3)41-19-17-39-29(37)13-14-30(38)40-18-20-42-26(4)22-28(36)32-24(2)12-10-16-34(32,7)8/h9-10,13-14,25-26,31-32H,15-22H2,1-8H3/b14-13-. The fraction of sp³-hybridized carbons (Fsp3) is 0.647. The van der Waals surface area contributed by atoms with Gasteiger partial charge in [0.05, 0.1) is 11.8 Å². The third-order valence-corrected chi connectivity index (χ3v) is 10.1. The van der Waals surface area contributed by atoms with Crippen molar-refractivity contribution in [1.29, 1.82) is 0 Å². The number of allylic oxidation sites excluding steroid dienone is 2. The van der Waals surface area contributed by atoms with Crippen LogP contribution in [0, 0.1) is 22.7 Å². The minimum absolute atomic E-state index is 0.0984. The van der Waals surface area contributed by atoms with Crippen molar-refractivity contribution in [3.8, 4) is 0 Å². The van der Waals surface area contributed by atoms with Crippen LogP contribution in [0.1, 0.15) is 81.1 Å². The number of hydrogen-bond donors (Lipinski definition) is 0. The average Bonchev–Trinajstić information content (AvgIpc) is 2.86. The topological polar surface area (TPSA) is 86.7 Å². The molecule has 0 aromatic carbocycles. The summed E-state index contributed by atoms with van der Waals surface area (Å²) >= 11 is 3.17. The van der Waals surface area contributed by atoms with Gasteiger partial charge in [-0.2, -0.15) is 23.5 Å². The zero-order valence-electron chi connectivity index (χ0n) is 26.5. The molecule has 4 unspecified atom stereocenters. The van der Waals surface area contributed by atoms with Crippen LogP contribution in [-0.4, -0.2) is 58.7 Å². The lowest BCUT2D eigenvalue weighted by Gasteiger charge is -2.35. The first-order valence-corrected chi connectivity index (χ1v) is 16.9. The van der Waals surface area contributed by atoms with E-state index in [9.17, 15) is 19.2 Å². The van der Waals surface area contributed by atoms with Crippen LogP contribution in [0.15, 0.2) is 46.9 Å². The number of Topliss-reactive ketones (excluding diaryl/α,β-unsaturated/α-hetero) is 2. The maximum atomic E-state index is 12.9. The highest BCUT2D eigenvalue weighted by atomic mass is 32.2. The molecular formula is C34H48O6S2. The Kier molecular flexibility index (Phi) is 14.2. The Morgan fingerprint density at radius 3 is 1.48 bits per heavy atom. The molecule has 2 rings (SSSR count). The average molecular weight is 617 g/mol. The number of esters is 2. The molecule has 0 aromatic heterocycles. The summed E-state index contributed by atoms with van der Waals surface area (Å²) in [6, 6.07) is 0. The van der Waals surface area contributed by atoms with Gasteiger partial charge in [-0.25, -0.2) is 9.59 Å². The third-order valence-electron chi connectivity index (χ3n) is 7.78. The Morgan fingerprint density at radius 2 is 1.14 bits per heavy atom. The van der Waals surface area contributed by atoms with Gasteiger partial charge in [-0.1, -0.05) is 41.5 Å². The van der Waals surface area contributed by atoms with Gasteiger partial charge < -0.3 is 9.47 Å². The first-order chi connectivity index (χ1) is 19.6. The highest BCUT2D eigenvalue weighted by Crippen LogP contribution is 2.41. The molecule has 6 nitrogen and oxygen atoms in total. The second-order valence-electron chi connectivity index (χ2n) is 12.7. The monoisotopic (exact) mass is 616 g/mol. The van der Waals surface area contributed by atoms with E-state index in [1.807, 2.05) is 39.8 Å². The molecule has 0 N–H and O–H groups in total. The molecule has 0 amide bonds. The molecule has 42 heavy (non-hydrogen) atoms. The minimum Gasteiger partial charge on any atom is -0.462 e. The molecule has 0 saturated carbocycles. The van der Waals surface area contributed by atoms with Crippen molar-refractivity contribution < 1.29 is 28.7 Å². The molecule has 0 radical (unpaired) electrons.